The molecule has 2 aromatic rings. The van der Waals surface area contributed by atoms with E-state index in [-0.39, 0.29) is 20.9 Å². The first-order valence-electron chi connectivity index (χ1n) is 5.16. The van der Waals surface area contributed by atoms with E-state index in [9.17, 15) is 0 Å². The van der Waals surface area contributed by atoms with Crippen molar-refractivity contribution >= 4 is 47.4 Å². The molecule has 0 aromatic heterocycles. The van der Waals surface area contributed by atoms with Gasteiger partial charge in [-0.25, -0.2) is 0 Å². The predicted octanol–water partition coefficient (Wildman–Crippen LogP) is 1.30. The minimum absolute atomic E-state index is 0.0737. The van der Waals surface area contributed by atoms with Gasteiger partial charge in [-0.15, -0.1) is 0 Å². The van der Waals surface area contributed by atoms with Crippen LogP contribution in [0.15, 0.2) is 54.6 Å². The van der Waals surface area contributed by atoms with Crippen molar-refractivity contribution < 1.29 is 0 Å². The van der Waals surface area contributed by atoms with Gasteiger partial charge in [0.1, 0.15) is 0 Å². The number of hydrogen-bond donors (Lipinski definition) is 0. The molecule has 0 aliphatic heterocycles. The van der Waals surface area contributed by atoms with Crippen LogP contribution < -0.4 is 12.5 Å². The summed E-state index contributed by atoms with van der Waals surface area (Å²) in [7, 11) is 0. The Morgan fingerprint density at radius 3 is 1.94 bits per heavy atom. The Morgan fingerprint density at radius 2 is 1.38 bits per heavy atom. The topological polar surface area (TPSA) is 0 Å². The van der Waals surface area contributed by atoms with Gasteiger partial charge >= 0.3 is 113 Å². The van der Waals surface area contributed by atoms with E-state index < -0.39 is 13.9 Å². The van der Waals surface area contributed by atoms with Crippen LogP contribution in [0.3, 0.4) is 0 Å². The van der Waals surface area contributed by atoms with Gasteiger partial charge in [0.25, 0.3) is 0 Å². The van der Waals surface area contributed by atoms with Gasteiger partial charge in [-0.1, -0.05) is 0 Å². The average Bonchev–Trinajstić information content (AvgIpc) is 2.39. The molecular formula is C14H15SeTe+. The number of rotatable bonds is 3. The fraction of sp³-hybridized carbons (Fsp3) is 0.143. The summed E-state index contributed by atoms with van der Waals surface area (Å²) in [5.41, 5.74) is 0. The molecule has 0 amide bonds. The molecule has 0 saturated carbocycles. The summed E-state index contributed by atoms with van der Waals surface area (Å²) >= 11 is -0.719. The fourth-order valence-corrected chi connectivity index (χ4v) is 5.61. The van der Waals surface area contributed by atoms with E-state index in [2.05, 4.69) is 65.4 Å². The van der Waals surface area contributed by atoms with Crippen LogP contribution in [0.4, 0.5) is 0 Å². The SMILES string of the molecule is C[Te]c1ccc([Se+](C)c2ccccc2)cc1. The molecule has 0 aliphatic rings. The predicted molar refractivity (Wildman–Crippen MR) is 75.0 cm³/mol. The van der Waals surface area contributed by atoms with E-state index in [0.717, 1.165) is 0 Å². The van der Waals surface area contributed by atoms with Crippen molar-refractivity contribution in [1.82, 2.24) is 0 Å². The first-order chi connectivity index (χ1) is 7.81. The molecular weight excluding hydrogens is 375 g/mol. The molecule has 0 saturated heterocycles. The number of benzene rings is 2. The van der Waals surface area contributed by atoms with Gasteiger partial charge in [0, 0.05) is 0 Å². The van der Waals surface area contributed by atoms with Gasteiger partial charge in [-0.3, -0.25) is 0 Å². The fourth-order valence-electron chi connectivity index (χ4n) is 1.54. The molecule has 0 N–H and O–H groups in total. The third-order valence-corrected chi connectivity index (χ3v) is 8.74. The summed E-state index contributed by atoms with van der Waals surface area (Å²) in [6.45, 7) is 0. The second kappa shape index (κ2) is 5.89. The van der Waals surface area contributed by atoms with Gasteiger partial charge < -0.3 is 0 Å². The second-order valence-electron chi connectivity index (χ2n) is 3.50. The molecule has 2 aromatic carbocycles. The molecule has 0 bridgehead atoms. The summed E-state index contributed by atoms with van der Waals surface area (Å²) in [6, 6.07) is 20.2. The summed E-state index contributed by atoms with van der Waals surface area (Å²) in [4.78, 5) is 2.33. The van der Waals surface area contributed by atoms with Crippen molar-refractivity contribution in [2.45, 2.75) is 10.8 Å². The monoisotopic (exact) mass is 393 g/mol. The molecule has 0 nitrogen and oxygen atoms in total. The summed E-state index contributed by atoms with van der Waals surface area (Å²) < 4.78 is 4.61. The molecule has 0 aliphatic carbocycles. The quantitative estimate of drug-likeness (QED) is 0.694. The van der Waals surface area contributed by atoms with Crippen LogP contribution in [-0.4, -0.2) is 34.8 Å². The Kier molecular flexibility index (Phi) is 4.50. The Bertz CT molecular complexity index is 436. The first-order valence-corrected chi connectivity index (χ1v) is 12.1. The molecule has 0 radical (unpaired) electrons. The Morgan fingerprint density at radius 1 is 0.812 bits per heavy atom. The van der Waals surface area contributed by atoms with Crippen LogP contribution in [0.1, 0.15) is 0 Å². The zero-order valence-corrected chi connectivity index (χ0v) is 13.6. The van der Waals surface area contributed by atoms with Crippen molar-refractivity contribution in [3.63, 3.8) is 0 Å². The summed E-state index contributed by atoms with van der Waals surface area (Å²) in [5, 5.41) is 0. The standard InChI is InChI=1S/C14H15SeTe/c1-15(12-6-4-3-5-7-12)13-8-10-14(16-2)11-9-13/h3-11H,1-2H3/q+1. The van der Waals surface area contributed by atoms with Crippen molar-refractivity contribution in [2.24, 2.45) is 0 Å². The van der Waals surface area contributed by atoms with Crippen LogP contribution >= 0.6 is 0 Å². The summed E-state index contributed by atoms with van der Waals surface area (Å²) in [6.07, 6.45) is 0. The van der Waals surface area contributed by atoms with Gasteiger partial charge in [0.05, 0.1) is 0 Å². The van der Waals surface area contributed by atoms with E-state index in [1.54, 1.807) is 3.61 Å². The maximum absolute atomic E-state index is 2.40. The van der Waals surface area contributed by atoms with Crippen LogP contribution in [0.5, 0.6) is 0 Å². The maximum atomic E-state index is 2.40. The van der Waals surface area contributed by atoms with Gasteiger partial charge in [0.15, 0.2) is 0 Å². The normalized spacial score (nSPS) is 12.4. The third-order valence-electron chi connectivity index (χ3n) is 2.51. The Hall–Kier alpha value is -0.251. The van der Waals surface area contributed by atoms with E-state index in [1.165, 1.54) is 8.92 Å². The van der Waals surface area contributed by atoms with E-state index >= 15 is 0 Å². The Balaban J connectivity index is 2.24. The van der Waals surface area contributed by atoms with Gasteiger partial charge in [0.2, 0.25) is 0 Å². The second-order valence-corrected chi connectivity index (χ2v) is 10.1. The molecule has 16 heavy (non-hydrogen) atoms. The summed E-state index contributed by atoms with van der Waals surface area (Å²) in [5.74, 6) is 2.40. The molecule has 1 atom stereocenters. The Labute approximate surface area is 112 Å². The van der Waals surface area contributed by atoms with Crippen molar-refractivity contribution in [1.29, 1.82) is 0 Å². The zero-order chi connectivity index (χ0) is 11.4. The number of hydrogen-bond acceptors (Lipinski definition) is 0. The van der Waals surface area contributed by atoms with Gasteiger partial charge in [-0.05, 0) is 0 Å². The van der Waals surface area contributed by atoms with Crippen molar-refractivity contribution in [3.8, 4) is 0 Å². The van der Waals surface area contributed by atoms with Crippen LogP contribution in [0.25, 0.3) is 0 Å². The van der Waals surface area contributed by atoms with E-state index in [0.29, 0.717) is 0 Å². The molecule has 0 spiro atoms. The minimum atomic E-state index is -0.793. The van der Waals surface area contributed by atoms with Crippen LogP contribution in [-0.2, 0) is 0 Å². The molecule has 0 heterocycles. The molecule has 2 rings (SSSR count). The molecule has 0 fully saturated rings. The zero-order valence-electron chi connectivity index (χ0n) is 9.51. The molecule has 2 heteroatoms. The third kappa shape index (κ3) is 2.90. The van der Waals surface area contributed by atoms with Crippen LogP contribution in [0.2, 0.25) is 10.8 Å². The van der Waals surface area contributed by atoms with Crippen molar-refractivity contribution in [3.05, 3.63) is 54.6 Å². The average molecular weight is 390 g/mol. The van der Waals surface area contributed by atoms with Crippen molar-refractivity contribution in [2.75, 3.05) is 0 Å². The molecule has 1 unspecified atom stereocenters. The van der Waals surface area contributed by atoms with Gasteiger partial charge in [-0.2, -0.15) is 0 Å². The first kappa shape index (κ1) is 12.2. The van der Waals surface area contributed by atoms with E-state index in [1.807, 2.05) is 0 Å². The van der Waals surface area contributed by atoms with E-state index in [4.69, 9.17) is 0 Å². The van der Waals surface area contributed by atoms with Crippen LogP contribution in [0, 0.1) is 0 Å². The molecule has 82 valence electrons.